The second-order valence-electron chi connectivity index (χ2n) is 4.74. The average Bonchev–Trinajstić information content (AvgIpc) is 2.39. The fourth-order valence-electron chi connectivity index (χ4n) is 2.47. The number of hydrogen-bond donors (Lipinski definition) is 1. The molecule has 0 amide bonds. The van der Waals surface area contributed by atoms with Gasteiger partial charge in [0.1, 0.15) is 0 Å². The Labute approximate surface area is 114 Å². The molecule has 19 heavy (non-hydrogen) atoms. The summed E-state index contributed by atoms with van der Waals surface area (Å²) in [5.41, 5.74) is 4.81. The molecule has 0 aliphatic rings. The van der Waals surface area contributed by atoms with E-state index in [4.69, 9.17) is 4.74 Å². The van der Waals surface area contributed by atoms with Gasteiger partial charge in [0, 0.05) is 11.8 Å². The Morgan fingerprint density at radius 3 is 2.42 bits per heavy atom. The van der Waals surface area contributed by atoms with E-state index in [1.165, 1.54) is 16.7 Å². The maximum Gasteiger partial charge on any atom is 0.218 e. The molecule has 1 atom stereocenters. The van der Waals surface area contributed by atoms with Crippen molar-refractivity contribution in [1.82, 2.24) is 10.3 Å². The predicted octanol–water partition coefficient (Wildman–Crippen LogP) is 3.02. The molecule has 100 valence electrons. The van der Waals surface area contributed by atoms with E-state index in [0.29, 0.717) is 5.88 Å². The fraction of sp³-hybridized carbons (Fsp3) is 0.312. The SMILES string of the molecule is CNC(c1cc(C)cc(C)c1)c1cccnc1OC. The van der Waals surface area contributed by atoms with Gasteiger partial charge in [-0.3, -0.25) is 0 Å². The molecular weight excluding hydrogens is 236 g/mol. The first-order valence-corrected chi connectivity index (χ1v) is 6.40. The van der Waals surface area contributed by atoms with Crippen molar-refractivity contribution >= 4 is 0 Å². The van der Waals surface area contributed by atoms with E-state index >= 15 is 0 Å². The molecular formula is C16H20N2O. The standard InChI is InChI=1S/C16H20N2O/c1-11-8-12(2)10-13(9-11)15(17-3)14-6-5-7-18-16(14)19-4/h5-10,15,17H,1-4H3. The number of hydrogen-bond acceptors (Lipinski definition) is 3. The van der Waals surface area contributed by atoms with E-state index in [0.717, 1.165) is 5.56 Å². The first-order valence-electron chi connectivity index (χ1n) is 6.40. The van der Waals surface area contributed by atoms with Gasteiger partial charge < -0.3 is 10.1 Å². The maximum absolute atomic E-state index is 5.36. The van der Waals surface area contributed by atoms with Crippen LogP contribution in [0.2, 0.25) is 0 Å². The molecule has 0 saturated heterocycles. The highest BCUT2D eigenvalue weighted by Crippen LogP contribution is 2.28. The molecule has 1 N–H and O–H groups in total. The van der Waals surface area contributed by atoms with Crippen molar-refractivity contribution < 1.29 is 4.74 Å². The van der Waals surface area contributed by atoms with Gasteiger partial charge in [0.25, 0.3) is 0 Å². The molecule has 1 heterocycles. The van der Waals surface area contributed by atoms with Crippen LogP contribution in [0.15, 0.2) is 36.5 Å². The molecule has 2 rings (SSSR count). The van der Waals surface area contributed by atoms with Gasteiger partial charge in [0.05, 0.1) is 13.2 Å². The third kappa shape index (κ3) is 2.93. The van der Waals surface area contributed by atoms with Gasteiger partial charge in [-0.25, -0.2) is 4.98 Å². The highest BCUT2D eigenvalue weighted by Gasteiger charge is 2.17. The highest BCUT2D eigenvalue weighted by atomic mass is 16.5. The predicted molar refractivity (Wildman–Crippen MR) is 77.6 cm³/mol. The second-order valence-corrected chi connectivity index (χ2v) is 4.74. The Hall–Kier alpha value is -1.87. The van der Waals surface area contributed by atoms with Crippen molar-refractivity contribution in [3.05, 3.63) is 58.8 Å². The monoisotopic (exact) mass is 256 g/mol. The third-order valence-electron chi connectivity index (χ3n) is 3.17. The zero-order valence-corrected chi connectivity index (χ0v) is 11.9. The van der Waals surface area contributed by atoms with Crippen LogP contribution in [-0.2, 0) is 0 Å². The van der Waals surface area contributed by atoms with E-state index in [1.54, 1.807) is 13.3 Å². The lowest BCUT2D eigenvalue weighted by atomic mass is 9.96. The lowest BCUT2D eigenvalue weighted by Crippen LogP contribution is -2.19. The first-order chi connectivity index (χ1) is 9.15. The number of aromatic nitrogens is 1. The van der Waals surface area contributed by atoms with Crippen molar-refractivity contribution in [2.24, 2.45) is 0 Å². The number of nitrogens with zero attached hydrogens (tertiary/aromatic N) is 1. The number of benzene rings is 1. The molecule has 1 unspecified atom stereocenters. The van der Waals surface area contributed by atoms with E-state index in [-0.39, 0.29) is 6.04 Å². The molecule has 1 aromatic carbocycles. The second kappa shape index (κ2) is 5.85. The summed E-state index contributed by atoms with van der Waals surface area (Å²) in [4.78, 5) is 4.27. The summed E-state index contributed by atoms with van der Waals surface area (Å²) in [6, 6.07) is 10.6. The molecule has 3 heteroatoms. The van der Waals surface area contributed by atoms with Crippen LogP contribution >= 0.6 is 0 Å². The summed E-state index contributed by atoms with van der Waals surface area (Å²) < 4.78 is 5.36. The molecule has 3 nitrogen and oxygen atoms in total. The first kappa shape index (κ1) is 13.6. The van der Waals surface area contributed by atoms with Crippen LogP contribution in [0, 0.1) is 13.8 Å². The molecule has 2 aromatic rings. The van der Waals surface area contributed by atoms with Crippen LogP contribution in [0.4, 0.5) is 0 Å². The number of ether oxygens (including phenoxy) is 1. The largest absolute Gasteiger partial charge is 0.481 e. The Balaban J connectivity index is 2.49. The number of rotatable bonds is 4. The van der Waals surface area contributed by atoms with Crippen molar-refractivity contribution in [3.63, 3.8) is 0 Å². The van der Waals surface area contributed by atoms with Crippen molar-refractivity contribution in [2.45, 2.75) is 19.9 Å². The fourth-order valence-corrected chi connectivity index (χ4v) is 2.47. The van der Waals surface area contributed by atoms with E-state index in [9.17, 15) is 0 Å². The van der Waals surface area contributed by atoms with Crippen LogP contribution in [0.25, 0.3) is 0 Å². The molecule has 1 aromatic heterocycles. The topological polar surface area (TPSA) is 34.2 Å². The molecule has 0 fully saturated rings. The van der Waals surface area contributed by atoms with Gasteiger partial charge in [-0.05, 0) is 32.5 Å². The van der Waals surface area contributed by atoms with Gasteiger partial charge in [-0.2, -0.15) is 0 Å². The maximum atomic E-state index is 5.36. The molecule has 0 spiro atoms. The quantitative estimate of drug-likeness (QED) is 0.913. The van der Waals surface area contributed by atoms with Gasteiger partial charge in [0.15, 0.2) is 0 Å². The minimum Gasteiger partial charge on any atom is -0.481 e. The summed E-state index contributed by atoms with van der Waals surface area (Å²) >= 11 is 0. The normalized spacial score (nSPS) is 12.2. The smallest absolute Gasteiger partial charge is 0.218 e. The van der Waals surface area contributed by atoms with Gasteiger partial charge in [0.2, 0.25) is 5.88 Å². The summed E-state index contributed by atoms with van der Waals surface area (Å²) in [6.07, 6.45) is 1.75. The van der Waals surface area contributed by atoms with E-state index < -0.39 is 0 Å². The van der Waals surface area contributed by atoms with Crippen LogP contribution in [-0.4, -0.2) is 19.1 Å². The Morgan fingerprint density at radius 2 is 1.84 bits per heavy atom. The summed E-state index contributed by atoms with van der Waals surface area (Å²) in [5, 5.41) is 3.34. The van der Waals surface area contributed by atoms with Crippen LogP contribution in [0.3, 0.4) is 0 Å². The zero-order chi connectivity index (χ0) is 13.8. The van der Waals surface area contributed by atoms with E-state index in [2.05, 4.69) is 42.3 Å². The van der Waals surface area contributed by atoms with Gasteiger partial charge in [-0.15, -0.1) is 0 Å². The van der Waals surface area contributed by atoms with Crippen molar-refractivity contribution in [1.29, 1.82) is 0 Å². The van der Waals surface area contributed by atoms with E-state index in [1.807, 2.05) is 19.2 Å². The van der Waals surface area contributed by atoms with Gasteiger partial charge in [-0.1, -0.05) is 35.4 Å². The Bertz CT molecular complexity index is 546. The van der Waals surface area contributed by atoms with Gasteiger partial charge >= 0.3 is 0 Å². The van der Waals surface area contributed by atoms with Crippen LogP contribution in [0.1, 0.15) is 28.3 Å². The average molecular weight is 256 g/mol. The van der Waals surface area contributed by atoms with Crippen LogP contribution in [0.5, 0.6) is 5.88 Å². The summed E-state index contributed by atoms with van der Waals surface area (Å²) in [7, 11) is 3.61. The molecule has 0 radical (unpaired) electrons. The number of aryl methyl sites for hydroxylation is 2. The molecule has 0 aliphatic heterocycles. The molecule has 0 aliphatic carbocycles. The lowest BCUT2D eigenvalue weighted by Gasteiger charge is -2.20. The number of methoxy groups -OCH3 is 1. The summed E-state index contributed by atoms with van der Waals surface area (Å²) in [5.74, 6) is 0.668. The summed E-state index contributed by atoms with van der Waals surface area (Å²) in [6.45, 7) is 4.23. The molecule has 0 saturated carbocycles. The highest BCUT2D eigenvalue weighted by molar-refractivity contribution is 5.40. The Morgan fingerprint density at radius 1 is 1.16 bits per heavy atom. The minimum atomic E-state index is 0.0854. The lowest BCUT2D eigenvalue weighted by molar-refractivity contribution is 0.388. The minimum absolute atomic E-state index is 0.0854. The van der Waals surface area contributed by atoms with Crippen LogP contribution < -0.4 is 10.1 Å². The van der Waals surface area contributed by atoms with Crippen molar-refractivity contribution in [2.75, 3.05) is 14.2 Å². The molecule has 0 bridgehead atoms. The number of nitrogens with one attached hydrogen (secondary N) is 1. The Kier molecular flexibility index (Phi) is 4.17. The third-order valence-corrected chi connectivity index (χ3v) is 3.17. The number of pyridine rings is 1. The van der Waals surface area contributed by atoms with Crippen molar-refractivity contribution in [3.8, 4) is 5.88 Å². The zero-order valence-electron chi connectivity index (χ0n) is 11.9.